The lowest BCUT2D eigenvalue weighted by Gasteiger charge is -2.50. The van der Waals surface area contributed by atoms with E-state index in [1.165, 1.54) is 37.7 Å². The van der Waals surface area contributed by atoms with Gasteiger partial charge in [0, 0.05) is 31.6 Å². The van der Waals surface area contributed by atoms with Gasteiger partial charge in [-0.15, -0.1) is 0 Å². The lowest BCUT2D eigenvalue weighted by Crippen LogP contribution is -2.58. The van der Waals surface area contributed by atoms with Crippen LogP contribution in [-0.4, -0.2) is 60.3 Å². The highest BCUT2D eigenvalue weighted by molar-refractivity contribution is 5.27. The summed E-state index contributed by atoms with van der Waals surface area (Å²) in [4.78, 5) is 4.93. The predicted molar refractivity (Wildman–Crippen MR) is 104 cm³/mol. The Labute approximate surface area is 158 Å². The maximum Gasteiger partial charge on any atom is 0.119 e. The monoisotopic (exact) mass is 358 g/mol. The third-order valence-corrected chi connectivity index (χ3v) is 6.70. The SMILES string of the molecule is CN1CC[C@H](O)[C@@]2(CCCN(Cc3ccc(OC4CCCC4)cc3)C2)C1. The molecular formula is C22H34N2O2. The van der Waals surface area contributed by atoms with Crippen molar-refractivity contribution in [2.45, 2.75) is 63.7 Å². The van der Waals surface area contributed by atoms with Crippen molar-refractivity contribution < 1.29 is 9.84 Å². The van der Waals surface area contributed by atoms with E-state index >= 15 is 0 Å². The molecule has 1 aromatic carbocycles. The van der Waals surface area contributed by atoms with E-state index in [0.717, 1.165) is 51.3 Å². The molecule has 1 saturated carbocycles. The normalized spacial score (nSPS) is 31.5. The third kappa shape index (κ3) is 4.08. The molecular weight excluding hydrogens is 324 g/mol. The summed E-state index contributed by atoms with van der Waals surface area (Å²) >= 11 is 0. The van der Waals surface area contributed by atoms with Crippen molar-refractivity contribution in [2.75, 3.05) is 33.2 Å². The van der Waals surface area contributed by atoms with Crippen molar-refractivity contribution in [1.29, 1.82) is 0 Å². The number of ether oxygens (including phenoxy) is 1. The molecule has 1 N–H and O–H groups in total. The Bertz CT molecular complexity index is 584. The Morgan fingerprint density at radius 1 is 1.04 bits per heavy atom. The van der Waals surface area contributed by atoms with E-state index in [2.05, 4.69) is 41.1 Å². The molecule has 2 heterocycles. The molecule has 2 saturated heterocycles. The van der Waals surface area contributed by atoms with Crippen molar-refractivity contribution in [2.24, 2.45) is 5.41 Å². The van der Waals surface area contributed by atoms with Gasteiger partial charge in [0.05, 0.1) is 12.2 Å². The van der Waals surface area contributed by atoms with Gasteiger partial charge in [-0.25, -0.2) is 0 Å². The molecule has 2 aliphatic heterocycles. The van der Waals surface area contributed by atoms with Gasteiger partial charge >= 0.3 is 0 Å². The molecule has 1 aliphatic carbocycles. The fraction of sp³-hybridized carbons (Fsp3) is 0.727. The van der Waals surface area contributed by atoms with E-state index in [-0.39, 0.29) is 11.5 Å². The molecule has 26 heavy (non-hydrogen) atoms. The van der Waals surface area contributed by atoms with E-state index in [1.807, 2.05) is 0 Å². The van der Waals surface area contributed by atoms with E-state index in [9.17, 15) is 5.11 Å². The molecule has 1 spiro atoms. The summed E-state index contributed by atoms with van der Waals surface area (Å²) in [6, 6.07) is 8.71. The topological polar surface area (TPSA) is 35.9 Å². The minimum atomic E-state index is -0.149. The third-order valence-electron chi connectivity index (χ3n) is 6.70. The second-order valence-corrected chi connectivity index (χ2v) is 8.89. The number of piperidine rings is 2. The molecule has 0 radical (unpaired) electrons. The lowest BCUT2D eigenvalue weighted by molar-refractivity contribution is -0.0807. The second kappa shape index (κ2) is 7.87. The molecule has 0 aromatic heterocycles. The summed E-state index contributed by atoms with van der Waals surface area (Å²) in [5.41, 5.74) is 1.41. The van der Waals surface area contributed by atoms with Crippen LogP contribution >= 0.6 is 0 Å². The fourth-order valence-electron chi connectivity index (χ4n) is 5.30. The molecule has 3 fully saturated rings. The number of likely N-dealkylation sites (tertiary alicyclic amines) is 2. The molecule has 0 unspecified atom stereocenters. The van der Waals surface area contributed by atoms with E-state index in [1.54, 1.807) is 0 Å². The predicted octanol–water partition coefficient (Wildman–Crippen LogP) is 3.29. The minimum absolute atomic E-state index is 0.0662. The smallest absolute Gasteiger partial charge is 0.119 e. The van der Waals surface area contributed by atoms with Crippen molar-refractivity contribution in [3.63, 3.8) is 0 Å². The van der Waals surface area contributed by atoms with Crippen LogP contribution in [0.2, 0.25) is 0 Å². The van der Waals surface area contributed by atoms with Gasteiger partial charge in [-0.2, -0.15) is 0 Å². The van der Waals surface area contributed by atoms with Gasteiger partial charge in [-0.3, -0.25) is 4.90 Å². The molecule has 2 atom stereocenters. The van der Waals surface area contributed by atoms with E-state index in [0.29, 0.717) is 6.10 Å². The largest absolute Gasteiger partial charge is 0.490 e. The summed E-state index contributed by atoms with van der Waals surface area (Å²) in [5, 5.41) is 10.7. The molecule has 1 aromatic rings. The van der Waals surface area contributed by atoms with Crippen LogP contribution < -0.4 is 4.74 Å². The zero-order valence-electron chi connectivity index (χ0n) is 16.2. The molecule has 144 valence electrons. The molecule has 4 rings (SSSR count). The first kappa shape index (κ1) is 18.3. The molecule has 3 aliphatic rings. The number of hydrogen-bond donors (Lipinski definition) is 1. The average molecular weight is 359 g/mol. The Kier molecular flexibility index (Phi) is 5.53. The first-order valence-electron chi connectivity index (χ1n) is 10.5. The van der Waals surface area contributed by atoms with Crippen molar-refractivity contribution in [1.82, 2.24) is 9.80 Å². The number of nitrogens with zero attached hydrogens (tertiary/aromatic N) is 2. The van der Waals surface area contributed by atoms with Crippen LogP contribution in [0.4, 0.5) is 0 Å². The fourth-order valence-corrected chi connectivity index (χ4v) is 5.30. The number of benzene rings is 1. The van der Waals surface area contributed by atoms with E-state index in [4.69, 9.17) is 4.74 Å². The summed E-state index contributed by atoms with van der Waals surface area (Å²) in [7, 11) is 2.19. The Morgan fingerprint density at radius 3 is 2.58 bits per heavy atom. The zero-order valence-corrected chi connectivity index (χ0v) is 16.2. The summed E-state index contributed by atoms with van der Waals surface area (Å²) in [6.45, 7) is 5.17. The van der Waals surface area contributed by atoms with Gasteiger partial charge in [0.1, 0.15) is 5.75 Å². The van der Waals surface area contributed by atoms with Crippen LogP contribution in [0.3, 0.4) is 0 Å². The molecule has 4 nitrogen and oxygen atoms in total. The first-order valence-corrected chi connectivity index (χ1v) is 10.5. The number of rotatable bonds is 4. The van der Waals surface area contributed by atoms with Crippen molar-refractivity contribution in [3.05, 3.63) is 29.8 Å². The standard InChI is InChI=1S/C22H34N2O2/c1-23-14-11-21(25)22(16-23)12-4-13-24(17-22)15-18-7-9-20(10-8-18)26-19-5-2-3-6-19/h7-10,19,21,25H,2-6,11-17H2,1H3/t21-,22-/m0/s1. The first-order chi connectivity index (χ1) is 12.6. The molecule has 4 heteroatoms. The highest BCUT2D eigenvalue weighted by atomic mass is 16.5. The van der Waals surface area contributed by atoms with Gasteiger partial charge < -0.3 is 14.7 Å². The zero-order chi connectivity index (χ0) is 18.0. The maximum atomic E-state index is 10.7. The van der Waals surface area contributed by atoms with E-state index < -0.39 is 0 Å². The summed E-state index contributed by atoms with van der Waals surface area (Å²) in [5.74, 6) is 1.01. The van der Waals surface area contributed by atoms with Crippen LogP contribution in [-0.2, 0) is 6.54 Å². The number of hydrogen-bond acceptors (Lipinski definition) is 4. The highest BCUT2D eigenvalue weighted by Crippen LogP contribution is 2.38. The number of aliphatic hydroxyl groups is 1. The van der Waals surface area contributed by atoms with Gasteiger partial charge in [-0.05, 0) is 76.2 Å². The number of aliphatic hydroxyl groups excluding tert-OH is 1. The maximum absolute atomic E-state index is 10.7. The summed E-state index contributed by atoms with van der Waals surface area (Å²) < 4.78 is 6.08. The average Bonchev–Trinajstić information content (AvgIpc) is 3.14. The highest BCUT2D eigenvalue weighted by Gasteiger charge is 2.44. The molecule has 0 amide bonds. The van der Waals surface area contributed by atoms with Gasteiger partial charge in [0.2, 0.25) is 0 Å². The Balaban J connectivity index is 1.36. The lowest BCUT2D eigenvalue weighted by atomic mass is 9.71. The van der Waals surface area contributed by atoms with Gasteiger partial charge in [0.25, 0.3) is 0 Å². The van der Waals surface area contributed by atoms with Gasteiger partial charge in [0.15, 0.2) is 0 Å². The van der Waals surface area contributed by atoms with Crippen LogP contribution in [0.15, 0.2) is 24.3 Å². The summed E-state index contributed by atoms with van der Waals surface area (Å²) in [6.07, 6.45) is 8.55. The quantitative estimate of drug-likeness (QED) is 0.896. The van der Waals surface area contributed by atoms with Crippen molar-refractivity contribution in [3.8, 4) is 5.75 Å². The Morgan fingerprint density at radius 2 is 1.81 bits per heavy atom. The van der Waals surface area contributed by atoms with Gasteiger partial charge in [-0.1, -0.05) is 12.1 Å². The van der Waals surface area contributed by atoms with Crippen LogP contribution in [0.25, 0.3) is 0 Å². The van der Waals surface area contributed by atoms with Crippen LogP contribution in [0.5, 0.6) is 5.75 Å². The van der Waals surface area contributed by atoms with Crippen molar-refractivity contribution >= 4 is 0 Å². The second-order valence-electron chi connectivity index (χ2n) is 8.89. The minimum Gasteiger partial charge on any atom is -0.490 e. The van der Waals surface area contributed by atoms with Crippen LogP contribution in [0.1, 0.15) is 50.5 Å². The Hall–Kier alpha value is -1.10. The van der Waals surface area contributed by atoms with Crippen LogP contribution in [0, 0.1) is 5.41 Å². The molecule has 0 bridgehead atoms.